The van der Waals surface area contributed by atoms with E-state index in [4.69, 9.17) is 0 Å². The first-order valence-electron chi connectivity index (χ1n) is 10.7. The van der Waals surface area contributed by atoms with E-state index in [2.05, 4.69) is 68.1 Å². The maximum Gasteiger partial charge on any atom is 0.268 e. The molecular weight excluding hydrogens is 388 g/mol. The number of nitrogens with zero attached hydrogens (tertiary/aromatic N) is 2. The van der Waals surface area contributed by atoms with Crippen LogP contribution < -0.4 is 4.90 Å². The fourth-order valence-electron chi connectivity index (χ4n) is 4.21. The number of thiophene rings is 1. The number of carbonyl (C=O) groups is 1. The second-order valence-corrected chi connectivity index (χ2v) is 9.36. The summed E-state index contributed by atoms with van der Waals surface area (Å²) in [6.07, 6.45) is 1.99. The van der Waals surface area contributed by atoms with Gasteiger partial charge in [-0.1, -0.05) is 42.0 Å². The van der Waals surface area contributed by atoms with Gasteiger partial charge in [0.25, 0.3) is 5.91 Å². The van der Waals surface area contributed by atoms with Gasteiger partial charge in [-0.15, -0.1) is 11.3 Å². The number of anilines is 1. The molecular formula is C26H30N2OS. The highest BCUT2D eigenvalue weighted by molar-refractivity contribution is 7.12. The van der Waals surface area contributed by atoms with Crippen molar-refractivity contribution in [3.05, 3.63) is 87.1 Å². The van der Waals surface area contributed by atoms with Gasteiger partial charge < -0.3 is 4.90 Å². The molecule has 3 aromatic rings. The van der Waals surface area contributed by atoms with Gasteiger partial charge in [0.2, 0.25) is 0 Å². The predicted octanol–water partition coefficient (Wildman–Crippen LogP) is 5.98. The van der Waals surface area contributed by atoms with Crippen molar-refractivity contribution in [2.75, 3.05) is 18.0 Å². The van der Waals surface area contributed by atoms with Crippen LogP contribution in [0.5, 0.6) is 0 Å². The topological polar surface area (TPSA) is 23.6 Å². The molecule has 0 atom stereocenters. The first-order valence-corrected chi connectivity index (χ1v) is 11.6. The molecule has 4 heteroatoms. The van der Waals surface area contributed by atoms with Crippen molar-refractivity contribution in [3.63, 3.8) is 0 Å². The summed E-state index contributed by atoms with van der Waals surface area (Å²) in [6, 6.07) is 19.3. The van der Waals surface area contributed by atoms with Crippen LogP contribution in [0, 0.1) is 20.8 Å². The lowest BCUT2D eigenvalue weighted by Gasteiger charge is -2.38. The standard InChI is InChI=1S/C26H30N2OS/c1-19-6-10-23(11-7-19)28(26(29)25-5-4-16-30-25)24-12-14-27(15-13-24)18-22-9-8-20(2)21(3)17-22/h4-11,16-17,24H,12-15,18H2,1-3H3. The number of likely N-dealkylation sites (tertiary alicyclic amines) is 1. The van der Waals surface area contributed by atoms with Gasteiger partial charge in [-0.3, -0.25) is 9.69 Å². The van der Waals surface area contributed by atoms with Gasteiger partial charge in [0, 0.05) is 31.4 Å². The van der Waals surface area contributed by atoms with Gasteiger partial charge in [-0.05, 0) is 73.9 Å². The van der Waals surface area contributed by atoms with Crippen molar-refractivity contribution in [2.24, 2.45) is 0 Å². The van der Waals surface area contributed by atoms with Crippen LogP contribution in [0.3, 0.4) is 0 Å². The number of benzene rings is 2. The van der Waals surface area contributed by atoms with E-state index in [-0.39, 0.29) is 11.9 Å². The third-order valence-corrected chi connectivity index (χ3v) is 7.02. The van der Waals surface area contributed by atoms with E-state index in [1.165, 1.54) is 33.6 Å². The third-order valence-electron chi connectivity index (χ3n) is 6.16. The number of rotatable bonds is 5. The Morgan fingerprint density at radius 3 is 2.37 bits per heavy atom. The number of carbonyl (C=O) groups excluding carboxylic acids is 1. The number of hydrogen-bond donors (Lipinski definition) is 0. The average molecular weight is 419 g/mol. The molecule has 1 aliphatic rings. The van der Waals surface area contributed by atoms with Crippen LogP contribution in [0.1, 0.15) is 44.8 Å². The van der Waals surface area contributed by atoms with Crippen molar-refractivity contribution >= 4 is 22.9 Å². The highest BCUT2D eigenvalue weighted by Crippen LogP contribution is 2.28. The summed E-state index contributed by atoms with van der Waals surface area (Å²) in [4.78, 5) is 18.7. The van der Waals surface area contributed by atoms with Gasteiger partial charge in [-0.2, -0.15) is 0 Å². The fraction of sp³-hybridized carbons (Fsp3) is 0.346. The Hall–Kier alpha value is -2.43. The van der Waals surface area contributed by atoms with Crippen molar-refractivity contribution in [3.8, 4) is 0 Å². The Kier molecular flexibility index (Phi) is 6.35. The summed E-state index contributed by atoms with van der Waals surface area (Å²) in [5.41, 5.74) is 6.30. The molecule has 0 unspecified atom stereocenters. The van der Waals surface area contributed by atoms with E-state index in [1.807, 2.05) is 22.4 Å². The van der Waals surface area contributed by atoms with Gasteiger partial charge in [-0.25, -0.2) is 0 Å². The summed E-state index contributed by atoms with van der Waals surface area (Å²) in [5, 5.41) is 1.98. The SMILES string of the molecule is Cc1ccc(N(C(=O)c2cccs2)C2CCN(Cc3ccc(C)c(C)c3)CC2)cc1. The Labute approximate surface area is 184 Å². The monoisotopic (exact) mass is 418 g/mol. The van der Waals surface area contributed by atoms with Crippen molar-refractivity contribution in [1.29, 1.82) is 0 Å². The van der Waals surface area contributed by atoms with Crippen LogP contribution in [0.4, 0.5) is 5.69 Å². The van der Waals surface area contributed by atoms with Gasteiger partial charge >= 0.3 is 0 Å². The molecule has 1 aliphatic heterocycles. The summed E-state index contributed by atoms with van der Waals surface area (Å²) < 4.78 is 0. The van der Waals surface area contributed by atoms with Crippen molar-refractivity contribution in [1.82, 2.24) is 4.90 Å². The number of hydrogen-bond acceptors (Lipinski definition) is 3. The van der Waals surface area contributed by atoms with Crippen molar-refractivity contribution in [2.45, 2.75) is 46.2 Å². The first kappa shape index (κ1) is 20.8. The average Bonchev–Trinajstić information content (AvgIpc) is 3.28. The Morgan fingerprint density at radius 1 is 1.00 bits per heavy atom. The number of piperidine rings is 1. The Morgan fingerprint density at radius 2 is 1.73 bits per heavy atom. The van der Waals surface area contributed by atoms with Gasteiger partial charge in [0.15, 0.2) is 0 Å². The molecule has 4 rings (SSSR count). The quantitative estimate of drug-likeness (QED) is 0.508. The lowest BCUT2D eigenvalue weighted by Crippen LogP contribution is -2.47. The zero-order valence-corrected chi connectivity index (χ0v) is 18.9. The van der Waals surface area contributed by atoms with E-state index < -0.39 is 0 Å². The molecule has 0 N–H and O–H groups in total. The van der Waals surface area contributed by atoms with E-state index in [0.717, 1.165) is 43.0 Å². The molecule has 1 saturated heterocycles. The fourth-order valence-corrected chi connectivity index (χ4v) is 4.87. The second-order valence-electron chi connectivity index (χ2n) is 8.41. The number of amides is 1. The molecule has 2 aromatic carbocycles. The molecule has 2 heterocycles. The minimum atomic E-state index is 0.126. The molecule has 1 amide bonds. The molecule has 0 saturated carbocycles. The minimum Gasteiger partial charge on any atom is -0.305 e. The highest BCUT2D eigenvalue weighted by Gasteiger charge is 2.30. The summed E-state index contributed by atoms with van der Waals surface area (Å²) >= 11 is 1.52. The van der Waals surface area contributed by atoms with Crippen LogP contribution >= 0.6 is 11.3 Å². The molecule has 156 valence electrons. The number of aryl methyl sites for hydroxylation is 3. The molecule has 3 nitrogen and oxygen atoms in total. The lowest BCUT2D eigenvalue weighted by atomic mass is 10.00. The van der Waals surface area contributed by atoms with Crippen LogP contribution in [-0.2, 0) is 6.54 Å². The van der Waals surface area contributed by atoms with Gasteiger partial charge in [0.1, 0.15) is 0 Å². The Bertz CT molecular complexity index is 986. The normalized spacial score (nSPS) is 15.3. The molecule has 1 fully saturated rings. The molecule has 0 spiro atoms. The molecule has 0 bridgehead atoms. The maximum absolute atomic E-state index is 13.4. The lowest BCUT2D eigenvalue weighted by molar-refractivity contribution is 0.0962. The van der Waals surface area contributed by atoms with Crippen molar-refractivity contribution < 1.29 is 4.79 Å². The summed E-state index contributed by atoms with van der Waals surface area (Å²) in [6.45, 7) is 9.43. The van der Waals surface area contributed by atoms with Crippen LogP contribution in [0.15, 0.2) is 60.0 Å². The highest BCUT2D eigenvalue weighted by atomic mass is 32.1. The smallest absolute Gasteiger partial charge is 0.268 e. The van der Waals surface area contributed by atoms with Crippen LogP contribution in [0.25, 0.3) is 0 Å². The van der Waals surface area contributed by atoms with E-state index >= 15 is 0 Å². The van der Waals surface area contributed by atoms with E-state index in [0.29, 0.717) is 0 Å². The zero-order chi connectivity index (χ0) is 21.1. The summed E-state index contributed by atoms with van der Waals surface area (Å²) in [5.74, 6) is 0.126. The summed E-state index contributed by atoms with van der Waals surface area (Å²) in [7, 11) is 0. The minimum absolute atomic E-state index is 0.126. The second kappa shape index (κ2) is 9.15. The molecule has 0 radical (unpaired) electrons. The third kappa shape index (κ3) is 4.66. The Balaban J connectivity index is 1.48. The molecule has 0 aliphatic carbocycles. The van der Waals surface area contributed by atoms with E-state index in [9.17, 15) is 4.79 Å². The van der Waals surface area contributed by atoms with Gasteiger partial charge in [0.05, 0.1) is 4.88 Å². The maximum atomic E-state index is 13.4. The van der Waals surface area contributed by atoms with E-state index in [1.54, 1.807) is 0 Å². The predicted molar refractivity (Wildman–Crippen MR) is 127 cm³/mol. The first-order chi connectivity index (χ1) is 14.5. The largest absolute Gasteiger partial charge is 0.305 e. The van der Waals surface area contributed by atoms with Crippen LogP contribution in [0.2, 0.25) is 0 Å². The zero-order valence-electron chi connectivity index (χ0n) is 18.1. The molecule has 1 aromatic heterocycles. The van der Waals surface area contributed by atoms with Crippen LogP contribution in [-0.4, -0.2) is 29.9 Å². The molecule has 30 heavy (non-hydrogen) atoms.